The van der Waals surface area contributed by atoms with Crippen LogP contribution < -0.4 is 5.32 Å². The number of furan rings is 1. The number of aliphatic hydroxyl groups excluding tert-OH is 1. The van der Waals surface area contributed by atoms with E-state index in [4.69, 9.17) is 4.42 Å². The first-order valence-corrected chi connectivity index (χ1v) is 8.65. The molecule has 0 bridgehead atoms. The molecule has 2 heterocycles. The van der Waals surface area contributed by atoms with Crippen LogP contribution in [-0.2, 0) is 4.79 Å². The number of nitrogens with one attached hydrogen (secondary N) is 1. The van der Waals surface area contributed by atoms with Gasteiger partial charge in [0.15, 0.2) is 0 Å². The molecule has 2 N–H and O–H groups in total. The van der Waals surface area contributed by atoms with Gasteiger partial charge in [-0.1, -0.05) is 26.3 Å². The standard InChI is InChI=1S/C19H30N2O3/c1-14(10-16-6-5-9-24-16)12-21-8-7-15(17(22)13-21)11-20-18(23)19(2,3)4/h5-6,9-10,15,17,22H,7-8,11-13H2,1-4H3,(H,20,23)/b14-10+/t15-,17+/m1/s1. The van der Waals surface area contributed by atoms with Crippen molar-refractivity contribution in [1.82, 2.24) is 10.2 Å². The zero-order chi connectivity index (χ0) is 17.7. The molecule has 0 saturated carbocycles. The molecule has 134 valence electrons. The maximum absolute atomic E-state index is 12.0. The molecular formula is C19H30N2O3. The Labute approximate surface area is 144 Å². The van der Waals surface area contributed by atoms with Gasteiger partial charge in [0, 0.05) is 31.0 Å². The van der Waals surface area contributed by atoms with Crippen molar-refractivity contribution in [2.75, 3.05) is 26.2 Å². The van der Waals surface area contributed by atoms with Crippen LogP contribution in [0.3, 0.4) is 0 Å². The number of rotatable bonds is 5. The lowest BCUT2D eigenvalue weighted by Crippen LogP contribution is -2.49. The van der Waals surface area contributed by atoms with Crippen LogP contribution in [0, 0.1) is 11.3 Å². The monoisotopic (exact) mass is 334 g/mol. The molecule has 0 radical (unpaired) electrons. The van der Waals surface area contributed by atoms with E-state index in [1.807, 2.05) is 39.0 Å². The predicted molar refractivity (Wildman–Crippen MR) is 95.4 cm³/mol. The van der Waals surface area contributed by atoms with E-state index >= 15 is 0 Å². The summed E-state index contributed by atoms with van der Waals surface area (Å²) in [5.41, 5.74) is 0.816. The summed E-state index contributed by atoms with van der Waals surface area (Å²) in [5.74, 6) is 1.02. The Morgan fingerprint density at radius 2 is 2.25 bits per heavy atom. The third-order valence-corrected chi connectivity index (χ3v) is 4.42. The minimum Gasteiger partial charge on any atom is -0.465 e. The van der Waals surface area contributed by atoms with E-state index < -0.39 is 6.10 Å². The Morgan fingerprint density at radius 1 is 1.50 bits per heavy atom. The molecule has 1 saturated heterocycles. The summed E-state index contributed by atoms with van der Waals surface area (Å²) < 4.78 is 5.33. The zero-order valence-corrected chi connectivity index (χ0v) is 15.2. The summed E-state index contributed by atoms with van der Waals surface area (Å²) in [6, 6.07) is 3.81. The van der Waals surface area contributed by atoms with Crippen LogP contribution in [0.4, 0.5) is 0 Å². The van der Waals surface area contributed by atoms with Crippen molar-refractivity contribution in [2.45, 2.75) is 40.2 Å². The Bertz CT molecular complexity index is 558. The van der Waals surface area contributed by atoms with Crippen LogP contribution in [0.2, 0.25) is 0 Å². The van der Waals surface area contributed by atoms with Gasteiger partial charge in [0.05, 0.1) is 12.4 Å². The highest BCUT2D eigenvalue weighted by Gasteiger charge is 2.29. The number of amides is 1. The summed E-state index contributed by atoms with van der Waals surface area (Å²) in [4.78, 5) is 14.2. The third-order valence-electron chi connectivity index (χ3n) is 4.42. The average molecular weight is 334 g/mol. The van der Waals surface area contributed by atoms with Gasteiger partial charge in [-0.05, 0) is 38.1 Å². The molecule has 1 aromatic rings. The average Bonchev–Trinajstić information content (AvgIpc) is 2.97. The van der Waals surface area contributed by atoms with Crippen molar-refractivity contribution < 1.29 is 14.3 Å². The number of β-amino-alcohol motifs (C(OH)–C–C–N with tert-alkyl or cyclic N) is 1. The molecule has 0 unspecified atom stereocenters. The number of nitrogens with zero attached hydrogens (tertiary/aromatic N) is 1. The van der Waals surface area contributed by atoms with Gasteiger partial charge in [-0.25, -0.2) is 0 Å². The summed E-state index contributed by atoms with van der Waals surface area (Å²) in [5, 5.41) is 13.4. The summed E-state index contributed by atoms with van der Waals surface area (Å²) >= 11 is 0. The number of likely N-dealkylation sites (tertiary alicyclic amines) is 1. The van der Waals surface area contributed by atoms with Crippen molar-refractivity contribution in [2.24, 2.45) is 11.3 Å². The molecule has 5 nitrogen and oxygen atoms in total. The zero-order valence-electron chi connectivity index (χ0n) is 15.2. The molecule has 0 spiro atoms. The minimum atomic E-state index is -0.407. The van der Waals surface area contributed by atoms with Gasteiger partial charge >= 0.3 is 0 Å². The number of hydrogen-bond acceptors (Lipinski definition) is 4. The Kier molecular flexibility index (Phi) is 6.24. The second-order valence-electron chi connectivity index (χ2n) is 7.82. The van der Waals surface area contributed by atoms with Crippen LogP contribution >= 0.6 is 0 Å². The smallest absolute Gasteiger partial charge is 0.225 e. The molecule has 0 aliphatic carbocycles. The molecule has 1 aliphatic heterocycles. The van der Waals surface area contributed by atoms with E-state index in [0.717, 1.165) is 25.3 Å². The SMILES string of the molecule is C/C(=C\c1ccco1)CN1CC[C@H](CNC(=O)C(C)(C)C)[C@@H](O)C1. The highest BCUT2D eigenvalue weighted by molar-refractivity contribution is 5.81. The van der Waals surface area contributed by atoms with E-state index in [9.17, 15) is 9.90 Å². The highest BCUT2D eigenvalue weighted by atomic mass is 16.3. The molecule has 2 atom stereocenters. The number of hydrogen-bond donors (Lipinski definition) is 2. The number of carbonyl (C=O) groups is 1. The molecule has 0 aromatic carbocycles. The first kappa shape index (κ1) is 18.7. The van der Waals surface area contributed by atoms with E-state index in [-0.39, 0.29) is 17.2 Å². The van der Waals surface area contributed by atoms with Crippen molar-refractivity contribution in [1.29, 1.82) is 0 Å². The van der Waals surface area contributed by atoms with Crippen LogP contribution in [0.1, 0.15) is 39.9 Å². The lowest BCUT2D eigenvalue weighted by Gasteiger charge is -2.36. The first-order valence-electron chi connectivity index (χ1n) is 8.65. The Balaban J connectivity index is 1.79. The normalized spacial score (nSPS) is 23.3. The lowest BCUT2D eigenvalue weighted by molar-refractivity contribution is -0.129. The van der Waals surface area contributed by atoms with Gasteiger partial charge in [-0.3, -0.25) is 9.69 Å². The van der Waals surface area contributed by atoms with Crippen molar-refractivity contribution >= 4 is 12.0 Å². The quantitative estimate of drug-likeness (QED) is 0.868. The molecule has 1 aromatic heterocycles. The molecule has 1 fully saturated rings. The molecule has 5 heteroatoms. The fourth-order valence-electron chi connectivity index (χ4n) is 2.93. The van der Waals surface area contributed by atoms with Gasteiger partial charge in [0.25, 0.3) is 0 Å². The second kappa shape index (κ2) is 7.99. The number of aliphatic hydroxyl groups is 1. The number of piperidine rings is 1. The van der Waals surface area contributed by atoms with Crippen molar-refractivity contribution in [3.8, 4) is 0 Å². The second-order valence-corrected chi connectivity index (χ2v) is 7.82. The lowest BCUT2D eigenvalue weighted by atomic mass is 9.91. The van der Waals surface area contributed by atoms with Crippen LogP contribution in [0.25, 0.3) is 6.08 Å². The van der Waals surface area contributed by atoms with Gasteiger partial charge in [-0.15, -0.1) is 0 Å². The van der Waals surface area contributed by atoms with E-state index in [0.29, 0.717) is 13.1 Å². The molecule has 24 heavy (non-hydrogen) atoms. The Morgan fingerprint density at radius 3 is 2.83 bits per heavy atom. The maximum Gasteiger partial charge on any atom is 0.225 e. The number of carbonyl (C=O) groups excluding carboxylic acids is 1. The van der Waals surface area contributed by atoms with Gasteiger partial charge < -0.3 is 14.8 Å². The molecule has 2 rings (SSSR count). The highest BCUT2D eigenvalue weighted by Crippen LogP contribution is 2.20. The fraction of sp³-hybridized carbons (Fsp3) is 0.632. The molecule has 1 amide bonds. The van der Waals surface area contributed by atoms with Gasteiger partial charge in [0.1, 0.15) is 5.76 Å². The largest absolute Gasteiger partial charge is 0.465 e. The molecule has 1 aliphatic rings. The van der Waals surface area contributed by atoms with Crippen LogP contribution in [0.5, 0.6) is 0 Å². The van der Waals surface area contributed by atoms with Crippen molar-refractivity contribution in [3.05, 3.63) is 29.7 Å². The fourth-order valence-corrected chi connectivity index (χ4v) is 2.93. The van der Waals surface area contributed by atoms with Gasteiger partial charge in [-0.2, -0.15) is 0 Å². The summed E-state index contributed by atoms with van der Waals surface area (Å²) in [7, 11) is 0. The topological polar surface area (TPSA) is 65.7 Å². The van der Waals surface area contributed by atoms with E-state index in [1.165, 1.54) is 5.57 Å². The maximum atomic E-state index is 12.0. The molecular weight excluding hydrogens is 304 g/mol. The van der Waals surface area contributed by atoms with E-state index in [2.05, 4.69) is 17.1 Å². The van der Waals surface area contributed by atoms with Crippen LogP contribution in [0.15, 0.2) is 28.4 Å². The Hall–Kier alpha value is -1.59. The van der Waals surface area contributed by atoms with Gasteiger partial charge in [0.2, 0.25) is 5.91 Å². The first-order chi connectivity index (χ1) is 11.3. The third kappa shape index (κ3) is 5.49. The van der Waals surface area contributed by atoms with Crippen molar-refractivity contribution in [3.63, 3.8) is 0 Å². The minimum absolute atomic E-state index is 0.0364. The summed E-state index contributed by atoms with van der Waals surface area (Å²) in [6.45, 7) is 10.7. The van der Waals surface area contributed by atoms with E-state index in [1.54, 1.807) is 6.26 Å². The van der Waals surface area contributed by atoms with Crippen LogP contribution in [-0.4, -0.2) is 48.2 Å². The predicted octanol–water partition coefficient (Wildman–Crippen LogP) is 2.53. The summed E-state index contributed by atoms with van der Waals surface area (Å²) in [6.07, 6.45) is 4.18.